The SMILES string of the molecule is O=C(c1ccc(Cl)cc1Cl)N1CCN(c2ccccc2[N+](=O)[O-])CC1. The number of para-hydroxylation sites is 2. The van der Waals surface area contributed by atoms with Crippen LogP contribution in [0.25, 0.3) is 0 Å². The zero-order valence-electron chi connectivity index (χ0n) is 13.2. The molecule has 3 rings (SSSR count). The summed E-state index contributed by atoms with van der Waals surface area (Å²) in [4.78, 5) is 27.0. The van der Waals surface area contributed by atoms with Gasteiger partial charge in [0.15, 0.2) is 0 Å². The first-order valence-corrected chi connectivity index (χ1v) is 8.45. The molecule has 0 bridgehead atoms. The number of anilines is 1. The second-order valence-corrected chi connectivity index (χ2v) is 6.49. The maximum Gasteiger partial charge on any atom is 0.292 e. The molecule has 0 unspecified atom stereocenters. The van der Waals surface area contributed by atoms with Crippen molar-refractivity contribution in [1.29, 1.82) is 0 Å². The van der Waals surface area contributed by atoms with Crippen molar-refractivity contribution in [2.45, 2.75) is 0 Å². The molecule has 1 fully saturated rings. The number of carbonyl (C=O) groups excluding carboxylic acids is 1. The number of amides is 1. The predicted molar refractivity (Wildman–Crippen MR) is 97.7 cm³/mol. The van der Waals surface area contributed by atoms with Crippen LogP contribution in [0.15, 0.2) is 42.5 Å². The third-order valence-corrected chi connectivity index (χ3v) is 4.70. The number of nitro benzene ring substituents is 1. The van der Waals surface area contributed by atoms with E-state index in [9.17, 15) is 14.9 Å². The Morgan fingerprint density at radius 1 is 1.04 bits per heavy atom. The molecule has 6 nitrogen and oxygen atoms in total. The summed E-state index contributed by atoms with van der Waals surface area (Å²) in [6, 6.07) is 11.4. The number of nitro groups is 1. The standard InChI is InChI=1S/C17H15Cl2N3O3/c18-12-5-6-13(14(19)11-12)17(23)21-9-7-20(8-10-21)15-3-1-2-4-16(15)22(24)25/h1-6,11H,7-10H2. The predicted octanol–water partition coefficient (Wildman–Crippen LogP) is 3.86. The Bertz CT molecular complexity index is 821. The molecule has 2 aromatic carbocycles. The van der Waals surface area contributed by atoms with Crippen molar-refractivity contribution in [2.24, 2.45) is 0 Å². The molecule has 8 heteroatoms. The van der Waals surface area contributed by atoms with Crippen LogP contribution in [-0.2, 0) is 0 Å². The molecule has 0 atom stereocenters. The second kappa shape index (κ2) is 7.29. The first kappa shape index (κ1) is 17.5. The highest BCUT2D eigenvalue weighted by molar-refractivity contribution is 6.36. The van der Waals surface area contributed by atoms with Crippen LogP contribution in [-0.4, -0.2) is 41.9 Å². The summed E-state index contributed by atoms with van der Waals surface area (Å²) in [5.41, 5.74) is 1.05. The molecule has 0 aromatic heterocycles. The minimum absolute atomic E-state index is 0.0722. The average Bonchev–Trinajstić information content (AvgIpc) is 2.61. The van der Waals surface area contributed by atoms with E-state index in [4.69, 9.17) is 23.2 Å². The Kier molecular flexibility index (Phi) is 5.11. The summed E-state index contributed by atoms with van der Waals surface area (Å²) in [5, 5.41) is 12.0. The number of rotatable bonds is 3. The number of hydrogen-bond donors (Lipinski definition) is 0. The fraction of sp³-hybridized carbons (Fsp3) is 0.235. The lowest BCUT2D eigenvalue weighted by molar-refractivity contribution is -0.384. The van der Waals surface area contributed by atoms with Gasteiger partial charge < -0.3 is 9.80 Å². The Morgan fingerprint density at radius 3 is 2.36 bits per heavy atom. The Labute approximate surface area is 154 Å². The van der Waals surface area contributed by atoms with Crippen LogP contribution in [0.2, 0.25) is 10.0 Å². The van der Waals surface area contributed by atoms with Crippen molar-refractivity contribution in [1.82, 2.24) is 4.90 Å². The Hall–Kier alpha value is -2.31. The van der Waals surface area contributed by atoms with Gasteiger partial charge in [-0.3, -0.25) is 14.9 Å². The maximum atomic E-state index is 12.6. The minimum Gasteiger partial charge on any atom is -0.362 e. The van der Waals surface area contributed by atoms with E-state index in [0.29, 0.717) is 47.5 Å². The summed E-state index contributed by atoms with van der Waals surface area (Å²) in [7, 11) is 0. The number of halogens is 2. The fourth-order valence-electron chi connectivity index (χ4n) is 2.87. The Morgan fingerprint density at radius 2 is 1.72 bits per heavy atom. The molecular formula is C17H15Cl2N3O3. The molecule has 1 aliphatic rings. The fourth-order valence-corrected chi connectivity index (χ4v) is 3.36. The van der Waals surface area contributed by atoms with Crippen LogP contribution in [0, 0.1) is 10.1 Å². The summed E-state index contributed by atoms with van der Waals surface area (Å²) < 4.78 is 0. The molecule has 1 aliphatic heterocycles. The normalized spacial score (nSPS) is 14.5. The maximum absolute atomic E-state index is 12.6. The van der Waals surface area contributed by atoms with E-state index in [1.807, 2.05) is 4.90 Å². The number of benzene rings is 2. The van der Waals surface area contributed by atoms with Crippen molar-refractivity contribution in [3.63, 3.8) is 0 Å². The topological polar surface area (TPSA) is 66.7 Å². The average molecular weight is 380 g/mol. The number of hydrogen-bond acceptors (Lipinski definition) is 4. The molecule has 130 valence electrons. The molecule has 0 aliphatic carbocycles. The molecular weight excluding hydrogens is 365 g/mol. The lowest BCUT2D eigenvalue weighted by Crippen LogP contribution is -2.49. The van der Waals surface area contributed by atoms with Gasteiger partial charge in [-0.2, -0.15) is 0 Å². The highest BCUT2D eigenvalue weighted by atomic mass is 35.5. The van der Waals surface area contributed by atoms with Crippen molar-refractivity contribution >= 4 is 40.5 Å². The van der Waals surface area contributed by atoms with Crippen molar-refractivity contribution < 1.29 is 9.72 Å². The Balaban J connectivity index is 1.72. The van der Waals surface area contributed by atoms with Crippen LogP contribution in [0.4, 0.5) is 11.4 Å². The third-order valence-electron chi connectivity index (χ3n) is 4.15. The molecule has 1 saturated heterocycles. The van der Waals surface area contributed by atoms with Crippen molar-refractivity contribution in [2.75, 3.05) is 31.1 Å². The van der Waals surface area contributed by atoms with Gasteiger partial charge in [-0.25, -0.2) is 0 Å². The molecule has 0 N–H and O–H groups in total. The molecule has 0 saturated carbocycles. The van der Waals surface area contributed by atoms with Gasteiger partial charge in [-0.1, -0.05) is 35.3 Å². The van der Waals surface area contributed by atoms with E-state index >= 15 is 0 Å². The van der Waals surface area contributed by atoms with Crippen LogP contribution in [0.3, 0.4) is 0 Å². The van der Waals surface area contributed by atoms with E-state index in [1.54, 1.807) is 41.3 Å². The first-order valence-electron chi connectivity index (χ1n) is 7.70. The van der Waals surface area contributed by atoms with E-state index in [1.165, 1.54) is 6.07 Å². The highest BCUT2D eigenvalue weighted by Gasteiger charge is 2.26. The van der Waals surface area contributed by atoms with Crippen LogP contribution < -0.4 is 4.90 Å². The van der Waals surface area contributed by atoms with E-state index in [2.05, 4.69) is 0 Å². The van der Waals surface area contributed by atoms with Gasteiger partial charge in [0.2, 0.25) is 0 Å². The lowest BCUT2D eigenvalue weighted by atomic mass is 10.1. The van der Waals surface area contributed by atoms with Gasteiger partial charge in [0, 0.05) is 37.3 Å². The third kappa shape index (κ3) is 3.70. The first-order chi connectivity index (χ1) is 12.0. The number of carbonyl (C=O) groups is 1. The van der Waals surface area contributed by atoms with Crippen LogP contribution in [0.1, 0.15) is 10.4 Å². The highest BCUT2D eigenvalue weighted by Crippen LogP contribution is 2.29. The van der Waals surface area contributed by atoms with Gasteiger partial charge in [0.05, 0.1) is 15.5 Å². The minimum atomic E-state index is -0.389. The number of piperazine rings is 1. The van der Waals surface area contributed by atoms with Crippen molar-refractivity contribution in [3.8, 4) is 0 Å². The lowest BCUT2D eigenvalue weighted by Gasteiger charge is -2.36. The largest absolute Gasteiger partial charge is 0.362 e. The zero-order valence-corrected chi connectivity index (χ0v) is 14.7. The summed E-state index contributed by atoms with van der Waals surface area (Å²) >= 11 is 12.0. The van der Waals surface area contributed by atoms with Gasteiger partial charge in [0.25, 0.3) is 11.6 Å². The second-order valence-electron chi connectivity index (χ2n) is 5.65. The monoisotopic (exact) mass is 379 g/mol. The number of nitrogens with zero attached hydrogens (tertiary/aromatic N) is 3. The van der Waals surface area contributed by atoms with Crippen LogP contribution >= 0.6 is 23.2 Å². The van der Waals surface area contributed by atoms with Gasteiger partial charge >= 0.3 is 0 Å². The molecule has 1 heterocycles. The molecule has 25 heavy (non-hydrogen) atoms. The molecule has 0 radical (unpaired) electrons. The quantitative estimate of drug-likeness (QED) is 0.599. The summed E-state index contributed by atoms with van der Waals surface area (Å²) in [6.07, 6.45) is 0. The van der Waals surface area contributed by atoms with Crippen LogP contribution in [0.5, 0.6) is 0 Å². The van der Waals surface area contributed by atoms with E-state index in [0.717, 1.165) is 0 Å². The van der Waals surface area contributed by atoms with Gasteiger partial charge in [-0.15, -0.1) is 0 Å². The van der Waals surface area contributed by atoms with E-state index < -0.39 is 0 Å². The molecule has 2 aromatic rings. The van der Waals surface area contributed by atoms with E-state index in [-0.39, 0.29) is 16.5 Å². The molecule has 1 amide bonds. The van der Waals surface area contributed by atoms with Gasteiger partial charge in [0.1, 0.15) is 5.69 Å². The molecule has 0 spiro atoms. The zero-order chi connectivity index (χ0) is 18.0. The summed E-state index contributed by atoms with van der Waals surface area (Å²) in [6.45, 7) is 1.96. The smallest absolute Gasteiger partial charge is 0.292 e. The summed E-state index contributed by atoms with van der Waals surface area (Å²) in [5.74, 6) is -0.163. The van der Waals surface area contributed by atoms with Crippen molar-refractivity contribution in [3.05, 3.63) is 68.2 Å². The van der Waals surface area contributed by atoms with Gasteiger partial charge in [-0.05, 0) is 24.3 Å².